The zero-order chi connectivity index (χ0) is 6.69. The maximum atomic E-state index is 3.67. The number of hydrogen-bond donors (Lipinski definition) is 0. The van der Waals surface area contributed by atoms with Gasteiger partial charge in [0.1, 0.15) is 0 Å². The molecular weight excluding hydrogens is 108 g/mol. The molecule has 0 nitrogen and oxygen atoms in total. The van der Waals surface area contributed by atoms with Crippen molar-refractivity contribution in [1.29, 1.82) is 0 Å². The average Bonchev–Trinajstić information content (AvgIpc) is 2.66. The maximum Gasteiger partial charge on any atom is -0.0224 e. The highest BCUT2D eigenvalue weighted by molar-refractivity contribution is 5.28. The molecule has 1 saturated carbocycles. The summed E-state index contributed by atoms with van der Waals surface area (Å²) in [6.45, 7) is 7.35. The number of rotatable bonds is 3. The maximum absolute atomic E-state index is 3.67. The molecule has 0 saturated heterocycles. The van der Waals surface area contributed by atoms with Gasteiger partial charge in [-0.15, -0.1) is 0 Å². The van der Waals surface area contributed by atoms with Crippen LogP contribution in [-0.2, 0) is 0 Å². The molecule has 1 aliphatic carbocycles. The molecule has 0 atom stereocenters. The molecule has 9 heavy (non-hydrogen) atoms. The molecule has 1 fully saturated rings. The van der Waals surface area contributed by atoms with E-state index in [0.717, 1.165) is 5.92 Å². The molecule has 0 aromatic rings. The van der Waals surface area contributed by atoms with E-state index < -0.39 is 0 Å². The minimum atomic E-state index is 0.830. The van der Waals surface area contributed by atoms with Crippen molar-refractivity contribution in [2.75, 3.05) is 0 Å². The van der Waals surface area contributed by atoms with Gasteiger partial charge in [-0.25, -0.2) is 0 Å². The lowest BCUT2D eigenvalue weighted by Crippen LogP contribution is -1.70. The van der Waals surface area contributed by atoms with Crippen molar-refractivity contribution < 1.29 is 0 Å². The molecule has 0 heteroatoms. The van der Waals surface area contributed by atoms with Gasteiger partial charge in [-0.1, -0.05) is 31.4 Å². The van der Waals surface area contributed by atoms with Gasteiger partial charge in [0.2, 0.25) is 0 Å². The summed E-state index contributed by atoms with van der Waals surface area (Å²) in [5.74, 6) is 0.830. The molecular formula is C9H12. The van der Waals surface area contributed by atoms with Crippen LogP contribution in [0.1, 0.15) is 12.8 Å². The van der Waals surface area contributed by atoms with Crippen LogP contribution in [0.25, 0.3) is 0 Å². The van der Waals surface area contributed by atoms with Crippen molar-refractivity contribution in [3.63, 3.8) is 0 Å². The van der Waals surface area contributed by atoms with E-state index in [9.17, 15) is 0 Å². The SMILES string of the molecule is C=CC(C=C)=CC1CC1. The summed E-state index contributed by atoms with van der Waals surface area (Å²) in [6, 6.07) is 0. The van der Waals surface area contributed by atoms with Crippen LogP contribution in [0.4, 0.5) is 0 Å². The molecule has 1 rings (SSSR count). The highest BCUT2D eigenvalue weighted by Gasteiger charge is 2.17. The van der Waals surface area contributed by atoms with E-state index in [1.165, 1.54) is 18.4 Å². The second-order valence-electron chi connectivity index (χ2n) is 2.41. The molecule has 0 radical (unpaired) electrons. The summed E-state index contributed by atoms with van der Waals surface area (Å²) in [6.07, 6.45) is 8.65. The third kappa shape index (κ3) is 1.88. The van der Waals surface area contributed by atoms with E-state index in [0.29, 0.717) is 0 Å². The van der Waals surface area contributed by atoms with Crippen molar-refractivity contribution in [1.82, 2.24) is 0 Å². The summed E-state index contributed by atoms with van der Waals surface area (Å²) >= 11 is 0. The molecule has 48 valence electrons. The highest BCUT2D eigenvalue weighted by Crippen LogP contribution is 2.31. The van der Waals surface area contributed by atoms with Gasteiger partial charge in [-0.3, -0.25) is 0 Å². The van der Waals surface area contributed by atoms with Crippen molar-refractivity contribution in [2.45, 2.75) is 12.8 Å². The van der Waals surface area contributed by atoms with E-state index in [-0.39, 0.29) is 0 Å². The molecule has 0 N–H and O–H groups in total. The van der Waals surface area contributed by atoms with Gasteiger partial charge in [0, 0.05) is 0 Å². The van der Waals surface area contributed by atoms with Crippen molar-refractivity contribution in [3.8, 4) is 0 Å². The quantitative estimate of drug-likeness (QED) is 0.502. The molecule has 0 aliphatic heterocycles. The zero-order valence-corrected chi connectivity index (χ0v) is 5.64. The Kier molecular flexibility index (Phi) is 1.88. The Morgan fingerprint density at radius 1 is 1.22 bits per heavy atom. The summed E-state index contributed by atoms with van der Waals surface area (Å²) in [5, 5.41) is 0. The van der Waals surface area contributed by atoms with E-state index in [1.54, 1.807) is 0 Å². The first-order valence-electron chi connectivity index (χ1n) is 3.33. The lowest BCUT2D eigenvalue weighted by atomic mass is 10.2. The Morgan fingerprint density at radius 2 is 1.78 bits per heavy atom. The fourth-order valence-corrected chi connectivity index (χ4v) is 0.754. The van der Waals surface area contributed by atoms with Crippen LogP contribution in [0.5, 0.6) is 0 Å². The Labute approximate surface area is 56.6 Å². The number of allylic oxidation sites excluding steroid dienone is 4. The second-order valence-corrected chi connectivity index (χ2v) is 2.41. The Morgan fingerprint density at radius 3 is 2.11 bits per heavy atom. The molecule has 0 spiro atoms. The van der Waals surface area contributed by atoms with Crippen LogP contribution in [-0.4, -0.2) is 0 Å². The van der Waals surface area contributed by atoms with Crippen molar-refractivity contribution >= 4 is 0 Å². The molecule has 0 unspecified atom stereocenters. The highest BCUT2D eigenvalue weighted by atomic mass is 14.2. The standard InChI is InChI=1S/C9H12/c1-3-8(4-2)7-9-5-6-9/h3-4,7,9H,1-2,5-6H2. The van der Waals surface area contributed by atoms with Crippen LogP contribution >= 0.6 is 0 Å². The number of hydrogen-bond acceptors (Lipinski definition) is 0. The Bertz CT molecular complexity index is 137. The van der Waals surface area contributed by atoms with E-state index in [1.807, 2.05) is 12.2 Å². The first-order valence-corrected chi connectivity index (χ1v) is 3.33. The van der Waals surface area contributed by atoms with Gasteiger partial charge >= 0.3 is 0 Å². The summed E-state index contributed by atoms with van der Waals surface area (Å²) in [4.78, 5) is 0. The zero-order valence-electron chi connectivity index (χ0n) is 5.64. The molecule has 0 aromatic heterocycles. The van der Waals surface area contributed by atoms with Crippen LogP contribution < -0.4 is 0 Å². The fraction of sp³-hybridized carbons (Fsp3) is 0.333. The molecule has 0 heterocycles. The van der Waals surface area contributed by atoms with Crippen LogP contribution in [0.2, 0.25) is 0 Å². The van der Waals surface area contributed by atoms with Crippen LogP contribution in [0.3, 0.4) is 0 Å². The largest absolute Gasteiger partial charge is 0.0985 e. The van der Waals surface area contributed by atoms with Gasteiger partial charge in [0.15, 0.2) is 0 Å². The van der Waals surface area contributed by atoms with Crippen LogP contribution in [0, 0.1) is 5.92 Å². The van der Waals surface area contributed by atoms with Gasteiger partial charge in [-0.2, -0.15) is 0 Å². The third-order valence-electron chi connectivity index (χ3n) is 1.52. The topological polar surface area (TPSA) is 0 Å². The first kappa shape index (κ1) is 6.34. The Hall–Kier alpha value is -0.780. The summed E-state index contributed by atoms with van der Waals surface area (Å²) < 4.78 is 0. The first-order chi connectivity index (χ1) is 4.36. The lowest BCUT2D eigenvalue weighted by molar-refractivity contribution is 1.11. The van der Waals surface area contributed by atoms with E-state index >= 15 is 0 Å². The fourth-order valence-electron chi connectivity index (χ4n) is 0.754. The third-order valence-corrected chi connectivity index (χ3v) is 1.52. The van der Waals surface area contributed by atoms with E-state index in [4.69, 9.17) is 0 Å². The summed E-state index contributed by atoms with van der Waals surface area (Å²) in [7, 11) is 0. The second kappa shape index (κ2) is 2.67. The predicted molar refractivity (Wildman–Crippen MR) is 41.2 cm³/mol. The Balaban J connectivity index is 2.51. The normalized spacial score (nSPS) is 16.4. The minimum absolute atomic E-state index is 0.830. The predicted octanol–water partition coefficient (Wildman–Crippen LogP) is 2.69. The summed E-state index contributed by atoms with van der Waals surface area (Å²) in [5.41, 5.74) is 1.18. The van der Waals surface area contributed by atoms with Crippen molar-refractivity contribution in [3.05, 3.63) is 37.0 Å². The molecule has 0 bridgehead atoms. The van der Waals surface area contributed by atoms with Crippen molar-refractivity contribution in [2.24, 2.45) is 5.92 Å². The van der Waals surface area contributed by atoms with E-state index in [2.05, 4.69) is 19.2 Å². The average molecular weight is 120 g/mol. The molecule has 0 amide bonds. The smallest absolute Gasteiger partial charge is 0.0224 e. The van der Waals surface area contributed by atoms with Gasteiger partial charge < -0.3 is 0 Å². The van der Waals surface area contributed by atoms with Gasteiger partial charge in [0.05, 0.1) is 0 Å². The van der Waals surface area contributed by atoms with Crippen LogP contribution in [0.15, 0.2) is 37.0 Å². The molecule has 1 aliphatic rings. The van der Waals surface area contributed by atoms with Gasteiger partial charge in [0.25, 0.3) is 0 Å². The monoisotopic (exact) mass is 120 g/mol. The molecule has 0 aromatic carbocycles. The lowest BCUT2D eigenvalue weighted by Gasteiger charge is -1.87. The van der Waals surface area contributed by atoms with Gasteiger partial charge in [-0.05, 0) is 24.3 Å². The minimum Gasteiger partial charge on any atom is -0.0985 e.